The van der Waals surface area contributed by atoms with Gasteiger partial charge < -0.3 is 14.9 Å². The molecule has 3 aromatic rings. The number of amides is 1. The van der Waals surface area contributed by atoms with Crippen LogP contribution in [0.5, 0.6) is 11.5 Å². The predicted octanol–water partition coefficient (Wildman–Crippen LogP) is 5.72. The lowest BCUT2D eigenvalue weighted by Crippen LogP contribution is -2.29. The Morgan fingerprint density at radius 2 is 1.70 bits per heavy atom. The number of Topliss-reactive ketones (excluding diaryl/α,β-unsaturated/α-hetero) is 1. The number of phenolic OH excluding ortho intramolecular Hbond substituents is 1. The van der Waals surface area contributed by atoms with Gasteiger partial charge >= 0.3 is 0 Å². The molecule has 8 heteroatoms. The Morgan fingerprint density at radius 1 is 1.00 bits per heavy atom. The molecule has 0 radical (unpaired) electrons. The van der Waals surface area contributed by atoms with E-state index in [0.717, 1.165) is 0 Å². The van der Waals surface area contributed by atoms with Crippen LogP contribution in [-0.4, -0.2) is 28.5 Å². The Morgan fingerprint density at radius 3 is 2.36 bits per heavy atom. The Balaban J connectivity index is 1.95. The highest BCUT2D eigenvalue weighted by Gasteiger charge is 2.47. The number of carbonyl (C=O) groups is 2. The fourth-order valence-corrected chi connectivity index (χ4v) is 4.36. The molecule has 1 fully saturated rings. The minimum absolute atomic E-state index is 0.0550. The van der Waals surface area contributed by atoms with Gasteiger partial charge in [0.1, 0.15) is 17.3 Å². The molecule has 168 valence electrons. The molecule has 1 atom stereocenters. The minimum Gasteiger partial charge on any atom is -0.508 e. The molecule has 1 amide bonds. The number of hydrogen-bond donors (Lipinski definition) is 2. The molecule has 0 aromatic heterocycles. The first-order chi connectivity index (χ1) is 15.8. The van der Waals surface area contributed by atoms with Crippen LogP contribution in [0.15, 0.2) is 72.3 Å². The van der Waals surface area contributed by atoms with Crippen LogP contribution in [0.2, 0.25) is 10.0 Å². The first-order valence-corrected chi connectivity index (χ1v) is 10.8. The largest absolute Gasteiger partial charge is 0.508 e. The highest BCUT2D eigenvalue weighted by Crippen LogP contribution is 2.44. The molecular formula is C25H19Cl2NO5. The average Bonchev–Trinajstić information content (AvgIpc) is 3.04. The quantitative estimate of drug-likeness (QED) is 0.275. The third-order valence-corrected chi connectivity index (χ3v) is 5.61. The maximum Gasteiger partial charge on any atom is 0.300 e. The van der Waals surface area contributed by atoms with Crippen molar-refractivity contribution in [3.05, 3.63) is 93.5 Å². The number of phenols is 1. The van der Waals surface area contributed by atoms with Gasteiger partial charge in [0.25, 0.3) is 11.7 Å². The zero-order valence-corrected chi connectivity index (χ0v) is 19.0. The van der Waals surface area contributed by atoms with E-state index in [2.05, 4.69) is 0 Å². The van der Waals surface area contributed by atoms with Gasteiger partial charge in [0.05, 0.1) is 18.2 Å². The van der Waals surface area contributed by atoms with E-state index in [9.17, 15) is 19.8 Å². The van der Waals surface area contributed by atoms with Crippen LogP contribution in [0.4, 0.5) is 5.69 Å². The van der Waals surface area contributed by atoms with Crippen molar-refractivity contribution in [3.8, 4) is 11.5 Å². The second-order valence-electron chi connectivity index (χ2n) is 7.35. The van der Waals surface area contributed by atoms with Crippen LogP contribution in [0, 0.1) is 0 Å². The maximum absolute atomic E-state index is 13.2. The molecule has 0 spiro atoms. The number of nitrogens with zero attached hydrogens (tertiary/aromatic N) is 1. The Kier molecular flexibility index (Phi) is 6.31. The number of halogens is 2. The maximum atomic E-state index is 13.2. The van der Waals surface area contributed by atoms with Crippen molar-refractivity contribution in [2.45, 2.75) is 13.0 Å². The molecule has 1 aliphatic rings. The first kappa shape index (κ1) is 22.7. The number of hydrogen-bond acceptors (Lipinski definition) is 5. The van der Waals surface area contributed by atoms with Gasteiger partial charge in [-0.1, -0.05) is 47.5 Å². The summed E-state index contributed by atoms with van der Waals surface area (Å²) in [5.74, 6) is -1.64. The summed E-state index contributed by atoms with van der Waals surface area (Å²) in [6, 6.07) is 16.2. The van der Waals surface area contributed by atoms with Crippen molar-refractivity contribution in [1.29, 1.82) is 0 Å². The fraction of sp³-hybridized carbons (Fsp3) is 0.120. The predicted molar refractivity (Wildman–Crippen MR) is 127 cm³/mol. The number of rotatable bonds is 5. The van der Waals surface area contributed by atoms with Gasteiger partial charge in [-0.25, -0.2) is 0 Å². The van der Waals surface area contributed by atoms with Gasteiger partial charge in [0, 0.05) is 21.3 Å². The molecular weight excluding hydrogens is 465 g/mol. The van der Waals surface area contributed by atoms with Crippen molar-refractivity contribution in [3.63, 3.8) is 0 Å². The molecule has 0 bridgehead atoms. The highest BCUT2D eigenvalue weighted by atomic mass is 35.5. The van der Waals surface area contributed by atoms with Crippen molar-refractivity contribution in [1.82, 2.24) is 0 Å². The van der Waals surface area contributed by atoms with Crippen LogP contribution >= 0.6 is 23.2 Å². The third-order valence-electron chi connectivity index (χ3n) is 5.17. The van der Waals surface area contributed by atoms with Crippen molar-refractivity contribution in [2.24, 2.45) is 0 Å². The number of aliphatic hydroxyl groups is 1. The third kappa shape index (κ3) is 4.40. The van der Waals surface area contributed by atoms with E-state index in [1.54, 1.807) is 36.4 Å². The summed E-state index contributed by atoms with van der Waals surface area (Å²) in [5.41, 5.74) is 0.890. The molecule has 2 N–H and O–H groups in total. The number of aromatic hydroxyl groups is 1. The Bertz CT molecular complexity index is 1270. The summed E-state index contributed by atoms with van der Waals surface area (Å²) >= 11 is 12.3. The standard InChI is InChI=1S/C25H19Cl2NO5/c1-2-33-20-8-4-6-15(10-20)23(30)21-22(14-5-3-7-19(29)9-14)28(25(32)24(21)31)18-12-16(26)11-17(27)13-18/h3-13,22,29-30H,2H2,1H3/b23-21+. The van der Waals surface area contributed by atoms with Gasteiger partial charge in [0.2, 0.25) is 0 Å². The van der Waals surface area contributed by atoms with Crippen molar-refractivity contribution >= 4 is 46.3 Å². The van der Waals surface area contributed by atoms with Crippen LogP contribution in [-0.2, 0) is 9.59 Å². The fourth-order valence-electron chi connectivity index (χ4n) is 3.84. The smallest absolute Gasteiger partial charge is 0.300 e. The molecule has 1 saturated heterocycles. The summed E-state index contributed by atoms with van der Waals surface area (Å²) in [6.07, 6.45) is 0. The van der Waals surface area contributed by atoms with Crippen molar-refractivity contribution in [2.75, 3.05) is 11.5 Å². The first-order valence-electron chi connectivity index (χ1n) is 10.1. The second-order valence-corrected chi connectivity index (χ2v) is 8.23. The lowest BCUT2D eigenvalue weighted by molar-refractivity contribution is -0.132. The highest BCUT2D eigenvalue weighted by molar-refractivity contribution is 6.52. The monoisotopic (exact) mass is 483 g/mol. The summed E-state index contributed by atoms with van der Waals surface area (Å²) in [5, 5.41) is 21.8. The molecule has 0 aliphatic carbocycles. The van der Waals surface area contributed by atoms with Gasteiger partial charge in [-0.05, 0) is 55.0 Å². The number of benzene rings is 3. The number of anilines is 1. The normalized spacial score (nSPS) is 17.4. The van der Waals surface area contributed by atoms with E-state index in [4.69, 9.17) is 27.9 Å². The molecule has 4 rings (SSSR count). The Hall–Kier alpha value is -3.48. The van der Waals surface area contributed by atoms with Crippen LogP contribution < -0.4 is 9.64 Å². The van der Waals surface area contributed by atoms with Crippen LogP contribution in [0.25, 0.3) is 5.76 Å². The molecule has 1 heterocycles. The molecule has 1 unspecified atom stereocenters. The Labute approximate surface area is 200 Å². The molecule has 33 heavy (non-hydrogen) atoms. The van der Waals surface area contributed by atoms with E-state index in [-0.39, 0.29) is 32.8 Å². The summed E-state index contributed by atoms with van der Waals surface area (Å²) in [7, 11) is 0. The minimum atomic E-state index is -1.03. The van der Waals surface area contributed by atoms with Gasteiger partial charge in [-0.15, -0.1) is 0 Å². The lowest BCUT2D eigenvalue weighted by Gasteiger charge is -2.26. The topological polar surface area (TPSA) is 87.1 Å². The summed E-state index contributed by atoms with van der Waals surface area (Å²) in [4.78, 5) is 27.6. The molecule has 6 nitrogen and oxygen atoms in total. The number of aliphatic hydroxyl groups excluding tert-OH is 1. The zero-order chi connectivity index (χ0) is 23.7. The molecule has 0 saturated carbocycles. The number of ketones is 1. The van der Waals surface area contributed by atoms with Gasteiger partial charge in [-0.2, -0.15) is 0 Å². The number of ether oxygens (including phenoxy) is 1. The van der Waals surface area contributed by atoms with E-state index in [1.165, 1.54) is 35.2 Å². The molecule has 1 aliphatic heterocycles. The zero-order valence-electron chi connectivity index (χ0n) is 17.5. The molecule has 3 aromatic carbocycles. The van der Waals surface area contributed by atoms with E-state index in [0.29, 0.717) is 23.5 Å². The van der Waals surface area contributed by atoms with Crippen molar-refractivity contribution < 1.29 is 24.5 Å². The van der Waals surface area contributed by atoms with Gasteiger partial charge in [0.15, 0.2) is 0 Å². The van der Waals surface area contributed by atoms with E-state index in [1.807, 2.05) is 6.92 Å². The second kappa shape index (κ2) is 9.17. The van der Waals surface area contributed by atoms with Gasteiger partial charge in [-0.3, -0.25) is 14.5 Å². The summed E-state index contributed by atoms with van der Waals surface area (Å²) in [6.45, 7) is 2.25. The SMILES string of the molecule is CCOc1cccc(/C(O)=C2\C(=O)C(=O)N(c3cc(Cl)cc(Cl)c3)C2c2cccc(O)c2)c1. The van der Waals surface area contributed by atoms with Crippen LogP contribution in [0.3, 0.4) is 0 Å². The van der Waals surface area contributed by atoms with E-state index >= 15 is 0 Å². The lowest BCUT2D eigenvalue weighted by atomic mass is 9.95. The average molecular weight is 484 g/mol. The van der Waals surface area contributed by atoms with E-state index < -0.39 is 17.7 Å². The summed E-state index contributed by atoms with van der Waals surface area (Å²) < 4.78 is 5.49. The number of carbonyl (C=O) groups excluding carboxylic acids is 2. The van der Waals surface area contributed by atoms with Crippen LogP contribution in [0.1, 0.15) is 24.1 Å².